The molecular formula is C13H17NO3S. The summed E-state index contributed by atoms with van der Waals surface area (Å²) in [6, 6.07) is 7.26. The molecule has 1 heterocycles. The van der Waals surface area contributed by atoms with Crippen molar-refractivity contribution in [2.75, 3.05) is 18.1 Å². The first-order valence-corrected chi connectivity index (χ1v) is 7.12. The van der Waals surface area contributed by atoms with Crippen LogP contribution in [0.3, 0.4) is 0 Å². The first-order chi connectivity index (χ1) is 8.68. The highest BCUT2D eigenvalue weighted by Gasteiger charge is 2.21. The Labute approximate surface area is 111 Å². The van der Waals surface area contributed by atoms with Crippen LogP contribution in [0.5, 0.6) is 5.75 Å². The Morgan fingerprint density at radius 3 is 3.11 bits per heavy atom. The number of fused-ring (bicyclic) bond motifs is 1. The summed E-state index contributed by atoms with van der Waals surface area (Å²) in [5.74, 6) is 1.80. The van der Waals surface area contributed by atoms with Crippen molar-refractivity contribution >= 4 is 17.7 Å². The van der Waals surface area contributed by atoms with Crippen molar-refractivity contribution in [1.29, 1.82) is 0 Å². The molecule has 4 nitrogen and oxygen atoms in total. The zero-order chi connectivity index (χ0) is 13.0. The topological polar surface area (TPSA) is 72.5 Å². The highest BCUT2D eigenvalue weighted by atomic mass is 32.2. The van der Waals surface area contributed by atoms with Gasteiger partial charge in [-0.3, -0.25) is 4.79 Å². The lowest BCUT2D eigenvalue weighted by Gasteiger charge is -2.25. The summed E-state index contributed by atoms with van der Waals surface area (Å²) >= 11 is 1.60. The Morgan fingerprint density at radius 1 is 1.56 bits per heavy atom. The van der Waals surface area contributed by atoms with E-state index in [2.05, 4.69) is 6.07 Å². The molecule has 3 N–H and O–H groups in total. The highest BCUT2D eigenvalue weighted by molar-refractivity contribution is 7.99. The quantitative estimate of drug-likeness (QED) is 0.849. The van der Waals surface area contributed by atoms with Crippen LogP contribution < -0.4 is 10.5 Å². The molecule has 1 aliphatic rings. The second-order valence-corrected chi connectivity index (χ2v) is 5.43. The summed E-state index contributed by atoms with van der Waals surface area (Å²) in [4.78, 5) is 10.6. The van der Waals surface area contributed by atoms with Crippen LogP contribution in [0, 0.1) is 0 Å². The molecule has 2 atom stereocenters. The molecule has 1 unspecified atom stereocenters. The van der Waals surface area contributed by atoms with Crippen molar-refractivity contribution in [3.63, 3.8) is 0 Å². The van der Waals surface area contributed by atoms with Crippen molar-refractivity contribution in [2.24, 2.45) is 5.73 Å². The standard InChI is InChI=1S/C13H17NO3S/c14-11(13(15)16)8-18-7-9-5-6-17-12-4-2-1-3-10(9)12/h1-4,9,11H,5-8,14H2,(H,15,16)/t9?,11-/m0/s1. The number of hydrogen-bond donors (Lipinski definition) is 2. The molecule has 0 saturated heterocycles. The number of hydrogen-bond acceptors (Lipinski definition) is 4. The maximum atomic E-state index is 10.6. The van der Waals surface area contributed by atoms with Crippen molar-refractivity contribution in [1.82, 2.24) is 0 Å². The Bertz CT molecular complexity index is 424. The number of ether oxygens (including phenoxy) is 1. The molecule has 0 amide bonds. The summed E-state index contributed by atoms with van der Waals surface area (Å²) in [6.07, 6.45) is 0.978. The van der Waals surface area contributed by atoms with Crippen LogP contribution in [0.25, 0.3) is 0 Å². The molecule has 0 saturated carbocycles. The van der Waals surface area contributed by atoms with Crippen molar-refractivity contribution in [3.8, 4) is 5.75 Å². The number of benzene rings is 1. The van der Waals surface area contributed by atoms with Gasteiger partial charge in [0.25, 0.3) is 0 Å². The predicted molar refractivity (Wildman–Crippen MR) is 72.2 cm³/mol. The third-order valence-electron chi connectivity index (χ3n) is 3.02. The molecule has 5 heteroatoms. The van der Waals surface area contributed by atoms with Gasteiger partial charge < -0.3 is 15.6 Å². The molecule has 0 fully saturated rings. The lowest BCUT2D eigenvalue weighted by molar-refractivity contribution is -0.137. The number of para-hydroxylation sites is 1. The van der Waals surface area contributed by atoms with E-state index in [1.807, 2.05) is 18.2 Å². The second kappa shape index (κ2) is 6.11. The van der Waals surface area contributed by atoms with Gasteiger partial charge in [0.15, 0.2) is 0 Å². The van der Waals surface area contributed by atoms with E-state index in [0.717, 1.165) is 24.5 Å². The Morgan fingerprint density at radius 2 is 2.33 bits per heavy atom. The van der Waals surface area contributed by atoms with Crippen LogP contribution >= 0.6 is 11.8 Å². The van der Waals surface area contributed by atoms with Crippen LogP contribution in [-0.4, -0.2) is 35.2 Å². The summed E-state index contributed by atoms with van der Waals surface area (Å²) in [5, 5.41) is 8.72. The number of carboxylic acids is 1. The van der Waals surface area contributed by atoms with E-state index in [1.165, 1.54) is 5.56 Å². The van der Waals surface area contributed by atoms with Crippen molar-refractivity contribution in [3.05, 3.63) is 29.8 Å². The Hall–Kier alpha value is -1.20. The molecule has 0 spiro atoms. The molecule has 0 aromatic heterocycles. The van der Waals surface area contributed by atoms with Gasteiger partial charge >= 0.3 is 5.97 Å². The monoisotopic (exact) mass is 267 g/mol. The SMILES string of the molecule is N[C@@H](CSCC1CCOc2ccccc21)C(=O)O. The highest BCUT2D eigenvalue weighted by Crippen LogP contribution is 2.35. The van der Waals surface area contributed by atoms with E-state index in [-0.39, 0.29) is 0 Å². The van der Waals surface area contributed by atoms with Crippen LogP contribution in [-0.2, 0) is 4.79 Å². The van der Waals surface area contributed by atoms with Gasteiger partial charge in [-0.1, -0.05) is 18.2 Å². The summed E-state index contributed by atoms with van der Waals surface area (Å²) in [7, 11) is 0. The van der Waals surface area contributed by atoms with Gasteiger partial charge in [0.2, 0.25) is 0 Å². The predicted octanol–water partition coefficient (Wildman–Crippen LogP) is 1.70. The number of thioether (sulfide) groups is 1. The third kappa shape index (κ3) is 3.17. The van der Waals surface area contributed by atoms with E-state index in [9.17, 15) is 4.79 Å². The molecule has 1 aromatic carbocycles. The fourth-order valence-corrected chi connectivity index (χ4v) is 3.16. The van der Waals surface area contributed by atoms with Crippen LogP contribution in [0.15, 0.2) is 24.3 Å². The molecular weight excluding hydrogens is 250 g/mol. The summed E-state index contributed by atoms with van der Waals surface area (Å²) in [6.45, 7) is 0.729. The second-order valence-electron chi connectivity index (χ2n) is 4.35. The smallest absolute Gasteiger partial charge is 0.321 e. The number of aliphatic carboxylic acids is 1. The van der Waals surface area contributed by atoms with E-state index < -0.39 is 12.0 Å². The first kappa shape index (κ1) is 13.2. The largest absolute Gasteiger partial charge is 0.493 e. The average Bonchev–Trinajstić information content (AvgIpc) is 2.38. The fraction of sp³-hybridized carbons (Fsp3) is 0.462. The number of carbonyl (C=O) groups is 1. The Kier molecular flexibility index (Phi) is 4.49. The van der Waals surface area contributed by atoms with Crippen molar-refractivity contribution in [2.45, 2.75) is 18.4 Å². The van der Waals surface area contributed by atoms with E-state index in [1.54, 1.807) is 11.8 Å². The van der Waals surface area contributed by atoms with E-state index in [4.69, 9.17) is 15.6 Å². The molecule has 1 aromatic rings. The lowest BCUT2D eigenvalue weighted by atomic mass is 9.95. The van der Waals surface area contributed by atoms with Crippen LogP contribution in [0.2, 0.25) is 0 Å². The molecule has 2 rings (SSSR count). The minimum Gasteiger partial charge on any atom is -0.493 e. The maximum absolute atomic E-state index is 10.6. The number of nitrogens with two attached hydrogens (primary N) is 1. The molecule has 0 bridgehead atoms. The van der Waals surface area contributed by atoms with Gasteiger partial charge in [-0.05, 0) is 24.0 Å². The molecule has 98 valence electrons. The minimum atomic E-state index is -0.935. The average molecular weight is 267 g/mol. The van der Waals surface area contributed by atoms with E-state index >= 15 is 0 Å². The lowest BCUT2D eigenvalue weighted by Crippen LogP contribution is -2.32. The number of rotatable bonds is 5. The van der Waals surface area contributed by atoms with Gasteiger partial charge in [-0.2, -0.15) is 11.8 Å². The third-order valence-corrected chi connectivity index (χ3v) is 4.25. The van der Waals surface area contributed by atoms with Gasteiger partial charge in [-0.25, -0.2) is 0 Å². The van der Waals surface area contributed by atoms with E-state index in [0.29, 0.717) is 11.7 Å². The molecule has 1 aliphatic heterocycles. The normalized spacial score (nSPS) is 19.7. The van der Waals surface area contributed by atoms with Crippen molar-refractivity contribution < 1.29 is 14.6 Å². The minimum absolute atomic E-state index is 0.431. The zero-order valence-corrected chi connectivity index (χ0v) is 10.9. The van der Waals surface area contributed by atoms with Gasteiger partial charge in [0.1, 0.15) is 11.8 Å². The van der Waals surface area contributed by atoms with Gasteiger partial charge in [0.05, 0.1) is 6.61 Å². The fourth-order valence-electron chi connectivity index (χ4n) is 2.00. The molecule has 0 aliphatic carbocycles. The maximum Gasteiger partial charge on any atom is 0.321 e. The molecule has 18 heavy (non-hydrogen) atoms. The van der Waals surface area contributed by atoms with Crippen LogP contribution in [0.4, 0.5) is 0 Å². The first-order valence-electron chi connectivity index (χ1n) is 5.96. The number of carboxylic acid groups (broad SMARTS) is 1. The van der Waals surface area contributed by atoms with Gasteiger partial charge in [-0.15, -0.1) is 0 Å². The Balaban J connectivity index is 1.90. The summed E-state index contributed by atoms with van der Waals surface area (Å²) in [5.41, 5.74) is 6.70. The summed E-state index contributed by atoms with van der Waals surface area (Å²) < 4.78 is 5.59. The van der Waals surface area contributed by atoms with Gasteiger partial charge in [0, 0.05) is 11.5 Å². The molecule has 0 radical (unpaired) electrons. The zero-order valence-electron chi connectivity index (χ0n) is 10.0. The van der Waals surface area contributed by atoms with Crippen LogP contribution in [0.1, 0.15) is 17.9 Å².